The van der Waals surface area contributed by atoms with Gasteiger partial charge >= 0.3 is 0 Å². The zero-order valence-electron chi connectivity index (χ0n) is 11.9. The van der Waals surface area contributed by atoms with Crippen molar-refractivity contribution in [1.29, 1.82) is 0 Å². The molecule has 0 spiro atoms. The number of nitrogens with one attached hydrogen (secondary N) is 2. The Morgan fingerprint density at radius 3 is 2.95 bits per heavy atom. The summed E-state index contributed by atoms with van der Waals surface area (Å²) in [6.07, 6.45) is 2.88. The van der Waals surface area contributed by atoms with E-state index in [-0.39, 0.29) is 0 Å². The summed E-state index contributed by atoms with van der Waals surface area (Å²) in [6, 6.07) is 0. The van der Waals surface area contributed by atoms with Crippen LogP contribution in [0.15, 0.2) is 11.2 Å². The zero-order chi connectivity index (χ0) is 14.1. The zero-order valence-corrected chi connectivity index (χ0v) is 11.9. The van der Waals surface area contributed by atoms with E-state index in [1.807, 2.05) is 27.1 Å². The molecule has 19 heavy (non-hydrogen) atoms. The van der Waals surface area contributed by atoms with Gasteiger partial charge in [0.05, 0.1) is 12.2 Å². The molecule has 0 saturated heterocycles. The van der Waals surface area contributed by atoms with Crippen molar-refractivity contribution in [2.24, 2.45) is 17.9 Å². The minimum atomic E-state index is 0.553. The third-order valence-corrected chi connectivity index (χ3v) is 2.62. The van der Waals surface area contributed by atoms with Crippen molar-refractivity contribution in [3.8, 4) is 0 Å². The van der Waals surface area contributed by atoms with Gasteiger partial charge in [0.1, 0.15) is 0 Å². The normalized spacial score (nSPS) is 11.7. The monoisotopic (exact) mass is 268 g/mol. The van der Waals surface area contributed by atoms with E-state index < -0.39 is 0 Å². The molecule has 0 aromatic carbocycles. The fourth-order valence-corrected chi connectivity index (χ4v) is 1.65. The summed E-state index contributed by atoms with van der Waals surface area (Å²) in [5.41, 5.74) is 4.63. The lowest BCUT2D eigenvalue weighted by Crippen LogP contribution is -2.42. The maximum absolute atomic E-state index is 5.43. The van der Waals surface area contributed by atoms with Gasteiger partial charge in [-0.3, -0.25) is 10.1 Å². The Hall–Kier alpha value is -1.60. The number of aryl methyl sites for hydroxylation is 2. The van der Waals surface area contributed by atoms with Crippen LogP contribution in [0.1, 0.15) is 24.6 Å². The lowest BCUT2D eigenvalue weighted by Gasteiger charge is -2.08. The summed E-state index contributed by atoms with van der Waals surface area (Å²) in [6.45, 7) is 6.76. The van der Waals surface area contributed by atoms with Crippen molar-refractivity contribution in [3.63, 3.8) is 0 Å². The SMILES string of the molecule is CCOCCCNC(=NCc1cn(C)nc1C)NN. The lowest BCUT2D eigenvalue weighted by atomic mass is 10.3. The lowest BCUT2D eigenvalue weighted by molar-refractivity contribution is 0.145. The van der Waals surface area contributed by atoms with Crippen molar-refractivity contribution in [2.75, 3.05) is 19.8 Å². The van der Waals surface area contributed by atoms with Crippen molar-refractivity contribution < 1.29 is 4.74 Å². The molecule has 0 amide bonds. The Morgan fingerprint density at radius 2 is 2.37 bits per heavy atom. The van der Waals surface area contributed by atoms with Crippen molar-refractivity contribution in [3.05, 3.63) is 17.5 Å². The molecule has 1 aromatic heterocycles. The second-order valence-electron chi connectivity index (χ2n) is 4.20. The Kier molecular flexibility index (Phi) is 6.91. The largest absolute Gasteiger partial charge is 0.382 e. The number of aromatic nitrogens is 2. The number of nitrogens with zero attached hydrogens (tertiary/aromatic N) is 3. The Bertz CT molecular complexity index is 401. The molecular formula is C12H24N6O. The van der Waals surface area contributed by atoms with Crippen molar-refractivity contribution >= 4 is 5.96 Å². The summed E-state index contributed by atoms with van der Waals surface area (Å²) < 4.78 is 7.04. The van der Waals surface area contributed by atoms with Crippen LogP contribution >= 0.6 is 0 Å². The van der Waals surface area contributed by atoms with Gasteiger partial charge in [-0.15, -0.1) is 0 Å². The first kappa shape index (κ1) is 15.5. The third kappa shape index (κ3) is 5.71. The number of hydrazine groups is 1. The molecule has 108 valence electrons. The standard InChI is InChI=1S/C12H24N6O/c1-4-19-7-5-6-14-12(16-13)15-8-11-9-18(3)17-10(11)2/h9H,4-8,13H2,1-3H3,(H2,14,15,16). The molecule has 0 aliphatic heterocycles. The number of hydrogen-bond acceptors (Lipinski definition) is 4. The van der Waals surface area contributed by atoms with Gasteiger partial charge in [-0.2, -0.15) is 5.10 Å². The van der Waals surface area contributed by atoms with Crippen LogP contribution in [0.3, 0.4) is 0 Å². The van der Waals surface area contributed by atoms with E-state index in [4.69, 9.17) is 10.6 Å². The molecule has 7 heteroatoms. The molecule has 1 heterocycles. The van der Waals surface area contributed by atoms with Gasteiger partial charge < -0.3 is 10.1 Å². The number of aliphatic imine (C=N–C) groups is 1. The average Bonchev–Trinajstić information content (AvgIpc) is 2.71. The van der Waals surface area contributed by atoms with Gasteiger partial charge in [-0.05, 0) is 20.3 Å². The number of guanidine groups is 1. The molecule has 1 rings (SSSR count). The van der Waals surface area contributed by atoms with Gasteiger partial charge in [0.15, 0.2) is 0 Å². The summed E-state index contributed by atoms with van der Waals surface area (Å²) in [5.74, 6) is 6.01. The van der Waals surface area contributed by atoms with Crippen LogP contribution in [0.4, 0.5) is 0 Å². The van der Waals surface area contributed by atoms with Crippen LogP contribution in [0.2, 0.25) is 0 Å². The van der Waals surface area contributed by atoms with Gasteiger partial charge in [0.25, 0.3) is 0 Å². The molecule has 0 aliphatic rings. The molecule has 1 aromatic rings. The minimum absolute atomic E-state index is 0.553. The molecule has 7 nitrogen and oxygen atoms in total. The van der Waals surface area contributed by atoms with Crippen LogP contribution in [0, 0.1) is 6.92 Å². The molecule has 4 N–H and O–H groups in total. The van der Waals surface area contributed by atoms with Gasteiger partial charge in [-0.25, -0.2) is 10.8 Å². The quantitative estimate of drug-likeness (QED) is 0.214. The number of rotatable bonds is 7. The maximum atomic E-state index is 5.43. The second-order valence-corrected chi connectivity index (χ2v) is 4.20. The molecule has 0 saturated carbocycles. The summed E-state index contributed by atoms with van der Waals surface area (Å²) in [5, 5.41) is 7.40. The molecule has 0 radical (unpaired) electrons. The minimum Gasteiger partial charge on any atom is -0.382 e. The first-order chi connectivity index (χ1) is 9.17. The number of hydrogen-bond donors (Lipinski definition) is 3. The summed E-state index contributed by atoms with van der Waals surface area (Å²) >= 11 is 0. The van der Waals surface area contributed by atoms with E-state index in [0.29, 0.717) is 12.5 Å². The Labute approximate surface area is 114 Å². The summed E-state index contributed by atoms with van der Waals surface area (Å²) in [4.78, 5) is 4.38. The van der Waals surface area contributed by atoms with Crippen LogP contribution in [0.25, 0.3) is 0 Å². The van der Waals surface area contributed by atoms with Crippen molar-refractivity contribution in [2.45, 2.75) is 26.8 Å². The van der Waals surface area contributed by atoms with Crippen LogP contribution < -0.4 is 16.6 Å². The molecular weight excluding hydrogens is 244 g/mol. The Balaban J connectivity index is 2.37. The maximum Gasteiger partial charge on any atom is 0.206 e. The first-order valence-electron chi connectivity index (χ1n) is 6.49. The predicted molar refractivity (Wildman–Crippen MR) is 75.5 cm³/mol. The van der Waals surface area contributed by atoms with E-state index in [0.717, 1.165) is 37.4 Å². The summed E-state index contributed by atoms with van der Waals surface area (Å²) in [7, 11) is 1.90. The smallest absolute Gasteiger partial charge is 0.206 e. The predicted octanol–water partition coefficient (Wildman–Crippen LogP) is 0.0640. The van der Waals surface area contributed by atoms with Crippen molar-refractivity contribution in [1.82, 2.24) is 20.5 Å². The Morgan fingerprint density at radius 1 is 1.58 bits per heavy atom. The van der Waals surface area contributed by atoms with Crippen LogP contribution in [0.5, 0.6) is 0 Å². The molecule has 0 fully saturated rings. The van der Waals surface area contributed by atoms with E-state index in [1.165, 1.54) is 0 Å². The van der Waals surface area contributed by atoms with Crippen LogP contribution in [-0.2, 0) is 18.3 Å². The van der Waals surface area contributed by atoms with E-state index in [1.54, 1.807) is 4.68 Å². The number of ether oxygens (including phenoxy) is 1. The highest BCUT2D eigenvalue weighted by Gasteiger charge is 2.02. The van der Waals surface area contributed by atoms with Gasteiger partial charge in [-0.1, -0.05) is 0 Å². The first-order valence-corrected chi connectivity index (χ1v) is 6.49. The number of nitrogens with two attached hydrogens (primary N) is 1. The fourth-order valence-electron chi connectivity index (χ4n) is 1.65. The molecule has 0 unspecified atom stereocenters. The fraction of sp³-hybridized carbons (Fsp3) is 0.667. The van der Waals surface area contributed by atoms with E-state index in [2.05, 4.69) is 20.8 Å². The average molecular weight is 268 g/mol. The van der Waals surface area contributed by atoms with E-state index in [9.17, 15) is 0 Å². The highest BCUT2D eigenvalue weighted by molar-refractivity contribution is 5.79. The molecule has 0 atom stereocenters. The second kappa shape index (κ2) is 8.49. The highest BCUT2D eigenvalue weighted by atomic mass is 16.5. The van der Waals surface area contributed by atoms with Crippen LogP contribution in [-0.4, -0.2) is 35.5 Å². The van der Waals surface area contributed by atoms with Gasteiger partial charge in [0, 0.05) is 38.6 Å². The topological polar surface area (TPSA) is 89.5 Å². The third-order valence-electron chi connectivity index (χ3n) is 2.62. The molecule has 0 bridgehead atoms. The molecule has 0 aliphatic carbocycles. The van der Waals surface area contributed by atoms with E-state index >= 15 is 0 Å². The van der Waals surface area contributed by atoms with Gasteiger partial charge in [0.2, 0.25) is 5.96 Å². The highest BCUT2D eigenvalue weighted by Crippen LogP contribution is 2.05.